The van der Waals surface area contributed by atoms with E-state index in [1.54, 1.807) is 37.3 Å². The Morgan fingerprint density at radius 3 is 2.13 bits per heavy atom. The van der Waals surface area contributed by atoms with Gasteiger partial charge in [-0.05, 0) is 63.6 Å². The number of nitrogens with zero attached hydrogens (tertiary/aromatic N) is 2. The maximum Gasteiger partial charge on any atom is 0.264 e. The molecule has 0 heterocycles. The Hall–Kier alpha value is -3.43. The predicted molar refractivity (Wildman–Crippen MR) is 147 cm³/mol. The van der Waals surface area contributed by atoms with E-state index in [2.05, 4.69) is 5.32 Å². The number of carbonyl (C=O) groups is 2. The number of nitrogens with one attached hydrogen (secondary N) is 1. The Morgan fingerprint density at radius 1 is 0.947 bits per heavy atom. The lowest BCUT2D eigenvalue weighted by atomic mass is 10.1. The van der Waals surface area contributed by atoms with Crippen molar-refractivity contribution in [2.45, 2.75) is 50.7 Å². The predicted octanol–water partition coefficient (Wildman–Crippen LogP) is 5.01. The molecule has 38 heavy (non-hydrogen) atoms. The van der Waals surface area contributed by atoms with E-state index in [9.17, 15) is 22.4 Å². The third-order valence-corrected chi connectivity index (χ3v) is 7.84. The van der Waals surface area contributed by atoms with E-state index in [0.29, 0.717) is 10.6 Å². The Balaban J connectivity index is 2.05. The number of anilines is 1. The Bertz CT molecular complexity index is 1390. The van der Waals surface area contributed by atoms with Crippen molar-refractivity contribution in [1.29, 1.82) is 0 Å². The lowest BCUT2D eigenvalue weighted by molar-refractivity contribution is -0.140. The van der Waals surface area contributed by atoms with Crippen LogP contribution in [0.2, 0.25) is 5.02 Å². The number of benzene rings is 3. The summed E-state index contributed by atoms with van der Waals surface area (Å²) in [4.78, 5) is 28.0. The summed E-state index contributed by atoms with van der Waals surface area (Å²) in [6.07, 6.45) is 0. The zero-order valence-corrected chi connectivity index (χ0v) is 23.3. The minimum Gasteiger partial charge on any atom is -0.350 e. The number of rotatable bonds is 9. The molecule has 2 amide bonds. The number of sulfonamides is 1. The molecule has 1 atom stereocenters. The van der Waals surface area contributed by atoms with Gasteiger partial charge in [-0.15, -0.1) is 0 Å². The Kier molecular flexibility index (Phi) is 9.17. The number of halogens is 2. The fourth-order valence-electron chi connectivity index (χ4n) is 3.75. The first-order valence-electron chi connectivity index (χ1n) is 12.0. The van der Waals surface area contributed by atoms with Crippen molar-refractivity contribution >= 4 is 39.1 Å². The van der Waals surface area contributed by atoms with Crippen LogP contribution in [0.4, 0.5) is 10.1 Å². The monoisotopic (exact) mass is 559 g/mol. The quantitative estimate of drug-likeness (QED) is 0.399. The maximum atomic E-state index is 14.9. The molecular formula is C28H31ClFN3O4S. The van der Waals surface area contributed by atoms with Crippen LogP contribution in [0.1, 0.15) is 33.3 Å². The molecule has 1 unspecified atom stereocenters. The molecule has 0 saturated heterocycles. The average Bonchev–Trinajstić information content (AvgIpc) is 2.86. The van der Waals surface area contributed by atoms with E-state index in [1.807, 2.05) is 20.8 Å². The van der Waals surface area contributed by atoms with E-state index >= 15 is 0 Å². The molecule has 0 fully saturated rings. The number of amides is 2. The van der Waals surface area contributed by atoms with Gasteiger partial charge in [-0.3, -0.25) is 13.9 Å². The number of carbonyl (C=O) groups excluding carboxylic acids is 2. The Labute approximate surface area is 228 Å². The summed E-state index contributed by atoms with van der Waals surface area (Å²) in [5, 5.41) is 3.23. The topological polar surface area (TPSA) is 86.8 Å². The van der Waals surface area contributed by atoms with Gasteiger partial charge in [-0.2, -0.15) is 0 Å². The second-order valence-electron chi connectivity index (χ2n) is 9.80. The normalized spacial score (nSPS) is 12.5. The average molecular weight is 560 g/mol. The van der Waals surface area contributed by atoms with Gasteiger partial charge in [0.2, 0.25) is 11.8 Å². The van der Waals surface area contributed by atoms with Crippen molar-refractivity contribution in [3.05, 3.63) is 95.3 Å². The van der Waals surface area contributed by atoms with Gasteiger partial charge in [0.25, 0.3) is 10.0 Å². The van der Waals surface area contributed by atoms with Gasteiger partial charge in [0.15, 0.2) is 0 Å². The zero-order valence-electron chi connectivity index (χ0n) is 21.7. The van der Waals surface area contributed by atoms with Gasteiger partial charge in [-0.25, -0.2) is 12.8 Å². The lowest BCUT2D eigenvalue weighted by Crippen LogP contribution is -2.54. The highest BCUT2D eigenvalue weighted by Gasteiger charge is 2.34. The molecule has 3 rings (SSSR count). The second kappa shape index (κ2) is 12.0. The standard InChI is InChI=1S/C28H31ClFN3O4S/c1-20(27(35)31-28(2,3)4)32(18-21-12-8-9-15-23(21)29)26(34)19-33(25-17-11-10-16-24(25)30)38(36,37)22-13-6-5-7-14-22/h5-17,20H,18-19H2,1-4H3,(H,31,35). The lowest BCUT2D eigenvalue weighted by Gasteiger charge is -2.33. The number of para-hydroxylation sites is 1. The van der Waals surface area contributed by atoms with Crippen LogP contribution in [-0.2, 0) is 26.2 Å². The summed E-state index contributed by atoms with van der Waals surface area (Å²) in [6, 6.07) is 18.7. The van der Waals surface area contributed by atoms with E-state index < -0.39 is 45.8 Å². The molecule has 3 aromatic rings. The van der Waals surface area contributed by atoms with Crippen molar-refractivity contribution in [2.75, 3.05) is 10.8 Å². The highest BCUT2D eigenvalue weighted by molar-refractivity contribution is 7.92. The number of hydrogen-bond donors (Lipinski definition) is 1. The van der Waals surface area contributed by atoms with Crippen LogP contribution in [0.3, 0.4) is 0 Å². The van der Waals surface area contributed by atoms with Crippen LogP contribution in [-0.4, -0.2) is 43.3 Å². The van der Waals surface area contributed by atoms with Crippen molar-refractivity contribution < 1.29 is 22.4 Å². The van der Waals surface area contributed by atoms with Gasteiger partial charge in [-0.1, -0.05) is 60.1 Å². The highest BCUT2D eigenvalue weighted by Crippen LogP contribution is 2.27. The minimum absolute atomic E-state index is 0.0618. The van der Waals surface area contributed by atoms with Crippen LogP contribution in [0.15, 0.2) is 83.8 Å². The van der Waals surface area contributed by atoms with Gasteiger partial charge in [0, 0.05) is 17.1 Å². The molecule has 7 nitrogen and oxygen atoms in total. The molecule has 0 aliphatic heterocycles. The first kappa shape index (κ1) is 29.1. The molecule has 1 N–H and O–H groups in total. The summed E-state index contributed by atoms with van der Waals surface area (Å²) in [7, 11) is -4.34. The zero-order chi connectivity index (χ0) is 28.1. The van der Waals surface area contributed by atoms with Gasteiger partial charge in [0.1, 0.15) is 18.4 Å². The van der Waals surface area contributed by atoms with Crippen molar-refractivity contribution in [2.24, 2.45) is 0 Å². The molecule has 3 aromatic carbocycles. The first-order valence-corrected chi connectivity index (χ1v) is 13.8. The van der Waals surface area contributed by atoms with E-state index in [-0.39, 0.29) is 17.1 Å². The van der Waals surface area contributed by atoms with Crippen LogP contribution in [0.25, 0.3) is 0 Å². The molecule has 0 aromatic heterocycles. The van der Waals surface area contributed by atoms with Crippen LogP contribution in [0.5, 0.6) is 0 Å². The molecule has 0 bridgehead atoms. The summed E-state index contributed by atoms with van der Waals surface area (Å²) >= 11 is 6.34. The van der Waals surface area contributed by atoms with Crippen molar-refractivity contribution in [1.82, 2.24) is 10.2 Å². The third kappa shape index (κ3) is 7.11. The van der Waals surface area contributed by atoms with Gasteiger partial charge < -0.3 is 10.2 Å². The molecule has 0 spiro atoms. The van der Waals surface area contributed by atoms with Gasteiger partial charge in [0.05, 0.1) is 10.6 Å². The number of hydrogen-bond acceptors (Lipinski definition) is 4. The van der Waals surface area contributed by atoms with Crippen molar-refractivity contribution in [3.8, 4) is 0 Å². The fourth-order valence-corrected chi connectivity index (χ4v) is 5.39. The van der Waals surface area contributed by atoms with E-state index in [0.717, 1.165) is 10.4 Å². The third-order valence-electron chi connectivity index (χ3n) is 5.70. The molecular weight excluding hydrogens is 529 g/mol. The summed E-state index contributed by atoms with van der Waals surface area (Å²) in [5.41, 5.74) is -0.282. The summed E-state index contributed by atoms with van der Waals surface area (Å²) in [5.74, 6) is -1.94. The van der Waals surface area contributed by atoms with Crippen LogP contribution in [0, 0.1) is 5.82 Å². The fraction of sp³-hybridized carbons (Fsp3) is 0.286. The summed E-state index contributed by atoms with van der Waals surface area (Å²) in [6.45, 7) is 6.18. The van der Waals surface area contributed by atoms with E-state index in [1.165, 1.54) is 47.4 Å². The second-order valence-corrected chi connectivity index (χ2v) is 12.1. The smallest absolute Gasteiger partial charge is 0.264 e. The van der Waals surface area contributed by atoms with Crippen molar-refractivity contribution in [3.63, 3.8) is 0 Å². The summed E-state index contributed by atoms with van der Waals surface area (Å²) < 4.78 is 42.9. The molecule has 0 aliphatic rings. The molecule has 0 radical (unpaired) electrons. The van der Waals surface area contributed by atoms with E-state index in [4.69, 9.17) is 11.6 Å². The molecule has 10 heteroatoms. The largest absolute Gasteiger partial charge is 0.350 e. The minimum atomic E-state index is -4.34. The molecule has 0 aliphatic carbocycles. The van der Waals surface area contributed by atoms with Crippen LogP contribution >= 0.6 is 11.6 Å². The maximum absolute atomic E-state index is 14.9. The first-order chi connectivity index (χ1) is 17.8. The van der Waals surface area contributed by atoms with Gasteiger partial charge >= 0.3 is 0 Å². The SMILES string of the molecule is CC(C(=O)NC(C)(C)C)N(Cc1ccccc1Cl)C(=O)CN(c1ccccc1F)S(=O)(=O)c1ccccc1. The van der Waals surface area contributed by atoms with Crippen LogP contribution < -0.4 is 9.62 Å². The molecule has 0 saturated carbocycles. The Morgan fingerprint density at radius 2 is 1.53 bits per heavy atom. The molecule has 202 valence electrons. The highest BCUT2D eigenvalue weighted by atomic mass is 35.5.